The van der Waals surface area contributed by atoms with Crippen LogP contribution < -0.4 is 9.84 Å². The van der Waals surface area contributed by atoms with E-state index in [4.69, 9.17) is 13.6 Å². The van der Waals surface area contributed by atoms with Crippen molar-refractivity contribution in [3.63, 3.8) is 0 Å². The van der Waals surface area contributed by atoms with Crippen molar-refractivity contribution in [2.45, 2.75) is 97.2 Å². The largest absolute Gasteiger partial charge is 0.530 e. The van der Waals surface area contributed by atoms with E-state index in [1.807, 2.05) is 60.7 Å². The average Bonchev–Trinajstić information content (AvgIpc) is 3.03. The Kier molecular flexibility index (Phi) is 16.5. The van der Waals surface area contributed by atoms with Gasteiger partial charge in [0.05, 0.1) is 13.2 Å². The third-order valence-electron chi connectivity index (χ3n) is 6.99. The number of amides is 1. The molecular weight excluding hydrogens is 557 g/mol. The van der Waals surface area contributed by atoms with Crippen LogP contribution in [0.5, 0.6) is 5.75 Å². The third-order valence-corrected chi connectivity index (χ3v) is 8.31. The SMILES string of the molecule is CCCCCC/C=C\CCCCCCCC(=O)Nc1ccc(OP(=O)(OCc2ccccc2)OCc2ccccc2)cc1. The van der Waals surface area contributed by atoms with Gasteiger partial charge >= 0.3 is 7.82 Å². The van der Waals surface area contributed by atoms with E-state index in [1.54, 1.807) is 24.3 Å². The Balaban J connectivity index is 1.37. The summed E-state index contributed by atoms with van der Waals surface area (Å²) in [7, 11) is -3.94. The van der Waals surface area contributed by atoms with Gasteiger partial charge in [-0.05, 0) is 67.5 Å². The number of carbonyl (C=O) groups is 1. The summed E-state index contributed by atoms with van der Waals surface area (Å²) in [5.74, 6) is 0.316. The maximum Gasteiger partial charge on any atom is 0.530 e. The van der Waals surface area contributed by atoms with Crippen molar-refractivity contribution in [3.05, 3.63) is 108 Å². The van der Waals surface area contributed by atoms with Crippen molar-refractivity contribution in [2.75, 3.05) is 5.32 Å². The number of nitrogens with one attached hydrogen (secondary N) is 1. The van der Waals surface area contributed by atoms with Gasteiger partial charge in [0.2, 0.25) is 5.91 Å². The molecule has 0 bridgehead atoms. The Morgan fingerprint density at radius 2 is 1.19 bits per heavy atom. The van der Waals surface area contributed by atoms with Crippen molar-refractivity contribution >= 4 is 19.4 Å². The summed E-state index contributed by atoms with van der Waals surface area (Å²) in [5.41, 5.74) is 2.37. The maximum absolute atomic E-state index is 13.6. The van der Waals surface area contributed by atoms with Crippen molar-refractivity contribution in [1.29, 1.82) is 0 Å². The van der Waals surface area contributed by atoms with Crippen LogP contribution in [0.4, 0.5) is 5.69 Å². The first-order valence-corrected chi connectivity index (χ1v) is 17.2. The van der Waals surface area contributed by atoms with Gasteiger partial charge in [-0.3, -0.25) is 13.8 Å². The van der Waals surface area contributed by atoms with E-state index in [-0.39, 0.29) is 19.1 Å². The number of hydrogen-bond acceptors (Lipinski definition) is 5. The van der Waals surface area contributed by atoms with E-state index in [1.165, 1.54) is 44.9 Å². The second kappa shape index (κ2) is 20.7. The van der Waals surface area contributed by atoms with Crippen LogP contribution in [0.1, 0.15) is 95.1 Å². The molecule has 232 valence electrons. The molecule has 6 nitrogen and oxygen atoms in total. The van der Waals surface area contributed by atoms with Crippen molar-refractivity contribution in [1.82, 2.24) is 0 Å². The van der Waals surface area contributed by atoms with Gasteiger partial charge < -0.3 is 9.84 Å². The van der Waals surface area contributed by atoms with E-state index < -0.39 is 7.82 Å². The molecule has 0 aliphatic heterocycles. The van der Waals surface area contributed by atoms with Crippen LogP contribution in [0, 0.1) is 0 Å². The van der Waals surface area contributed by atoms with Gasteiger partial charge in [-0.15, -0.1) is 0 Å². The molecule has 0 saturated carbocycles. The van der Waals surface area contributed by atoms with Crippen LogP contribution >= 0.6 is 7.82 Å². The minimum absolute atomic E-state index is 0.0114. The highest BCUT2D eigenvalue weighted by Crippen LogP contribution is 2.51. The second-order valence-electron chi connectivity index (χ2n) is 10.8. The Bertz CT molecular complexity index is 1180. The molecule has 1 N–H and O–H groups in total. The number of hydrogen-bond donors (Lipinski definition) is 1. The Hall–Kier alpha value is -3.18. The summed E-state index contributed by atoms with van der Waals surface area (Å²) in [6, 6.07) is 25.7. The number of unbranched alkanes of at least 4 members (excludes halogenated alkanes) is 9. The summed E-state index contributed by atoms with van der Waals surface area (Å²) in [6.45, 7) is 2.41. The molecule has 0 heterocycles. The normalized spacial score (nSPS) is 11.6. The van der Waals surface area contributed by atoms with E-state index in [0.717, 1.165) is 36.8 Å². The molecular formula is C36H48NO5P. The fourth-order valence-electron chi connectivity index (χ4n) is 4.50. The number of anilines is 1. The predicted molar refractivity (Wildman–Crippen MR) is 176 cm³/mol. The number of rotatable bonds is 22. The molecule has 3 aromatic rings. The molecule has 0 fully saturated rings. The smallest absolute Gasteiger partial charge is 0.404 e. The third kappa shape index (κ3) is 15.2. The summed E-state index contributed by atoms with van der Waals surface area (Å²) < 4.78 is 30.7. The Morgan fingerprint density at radius 1 is 0.674 bits per heavy atom. The topological polar surface area (TPSA) is 73.9 Å². The number of allylic oxidation sites excluding steroid dienone is 2. The number of benzene rings is 3. The van der Waals surface area contributed by atoms with E-state index in [0.29, 0.717) is 17.9 Å². The number of carbonyl (C=O) groups excluding carboxylic acids is 1. The highest BCUT2D eigenvalue weighted by Gasteiger charge is 2.29. The summed E-state index contributed by atoms with van der Waals surface area (Å²) in [6.07, 6.45) is 18.3. The Morgan fingerprint density at radius 3 is 1.74 bits per heavy atom. The second-order valence-corrected chi connectivity index (χ2v) is 12.3. The lowest BCUT2D eigenvalue weighted by molar-refractivity contribution is -0.116. The zero-order chi connectivity index (χ0) is 30.4. The molecule has 0 aromatic heterocycles. The van der Waals surface area contributed by atoms with Crippen LogP contribution in [-0.2, 0) is 31.6 Å². The van der Waals surface area contributed by atoms with Gasteiger partial charge in [-0.1, -0.05) is 118 Å². The van der Waals surface area contributed by atoms with Gasteiger partial charge in [0, 0.05) is 12.1 Å². The van der Waals surface area contributed by atoms with Crippen LogP contribution in [0.15, 0.2) is 97.1 Å². The molecule has 3 aromatic carbocycles. The van der Waals surface area contributed by atoms with Gasteiger partial charge in [-0.25, -0.2) is 4.57 Å². The van der Waals surface area contributed by atoms with E-state index >= 15 is 0 Å². The summed E-state index contributed by atoms with van der Waals surface area (Å²) in [5, 5.41) is 2.93. The maximum atomic E-state index is 13.6. The van der Waals surface area contributed by atoms with Crippen LogP contribution in [0.2, 0.25) is 0 Å². The minimum Gasteiger partial charge on any atom is -0.404 e. The average molecular weight is 606 g/mol. The van der Waals surface area contributed by atoms with Crippen LogP contribution in [0.25, 0.3) is 0 Å². The van der Waals surface area contributed by atoms with Crippen LogP contribution in [-0.4, -0.2) is 5.91 Å². The monoisotopic (exact) mass is 605 g/mol. The number of phosphoric ester groups is 1. The molecule has 0 aliphatic rings. The van der Waals surface area contributed by atoms with Crippen molar-refractivity contribution < 1.29 is 22.9 Å². The molecule has 0 unspecified atom stereocenters. The molecule has 43 heavy (non-hydrogen) atoms. The fourth-order valence-corrected chi connectivity index (χ4v) is 5.67. The minimum atomic E-state index is -3.94. The lowest BCUT2D eigenvalue weighted by Gasteiger charge is -2.19. The summed E-state index contributed by atoms with van der Waals surface area (Å²) >= 11 is 0. The zero-order valence-electron chi connectivity index (χ0n) is 25.6. The molecule has 1 amide bonds. The fraction of sp³-hybridized carbons (Fsp3) is 0.417. The first-order chi connectivity index (χ1) is 21.1. The Labute approximate surface area is 258 Å². The first kappa shape index (κ1) is 34.3. The highest BCUT2D eigenvalue weighted by molar-refractivity contribution is 7.48. The van der Waals surface area contributed by atoms with Crippen molar-refractivity contribution in [2.24, 2.45) is 0 Å². The first-order valence-electron chi connectivity index (χ1n) is 15.8. The summed E-state index contributed by atoms with van der Waals surface area (Å²) in [4.78, 5) is 12.4. The molecule has 0 atom stereocenters. The van der Waals surface area contributed by atoms with Gasteiger partial charge in [0.15, 0.2) is 0 Å². The molecule has 3 rings (SSSR count). The molecule has 0 aliphatic carbocycles. The molecule has 0 saturated heterocycles. The lowest BCUT2D eigenvalue weighted by atomic mass is 10.1. The van der Waals surface area contributed by atoms with Gasteiger partial charge in [-0.2, -0.15) is 0 Å². The molecule has 7 heteroatoms. The van der Waals surface area contributed by atoms with Gasteiger partial charge in [0.25, 0.3) is 0 Å². The predicted octanol–water partition coefficient (Wildman–Crippen LogP) is 10.8. The quantitative estimate of drug-likeness (QED) is 0.0701. The lowest BCUT2D eigenvalue weighted by Crippen LogP contribution is -2.11. The molecule has 0 spiro atoms. The van der Waals surface area contributed by atoms with Gasteiger partial charge in [0.1, 0.15) is 5.75 Å². The van der Waals surface area contributed by atoms with E-state index in [2.05, 4.69) is 24.4 Å². The van der Waals surface area contributed by atoms with Crippen LogP contribution in [0.3, 0.4) is 0 Å². The standard InChI is InChI=1S/C36H48NO5P/c1-2-3-4-5-6-7-8-9-10-11-12-13-20-25-36(38)37-34-26-28-35(29-27-34)42-43(39,40-30-32-21-16-14-17-22-32)41-31-33-23-18-15-19-24-33/h7-8,14-19,21-24,26-29H,2-6,9-13,20,25,30-31H2,1H3,(H,37,38)/b8-7-. The zero-order valence-corrected chi connectivity index (χ0v) is 26.5. The van der Waals surface area contributed by atoms with E-state index in [9.17, 15) is 9.36 Å². The molecule has 0 radical (unpaired) electrons. The van der Waals surface area contributed by atoms with Crippen molar-refractivity contribution in [3.8, 4) is 5.75 Å². The number of phosphoric acid groups is 1. The highest BCUT2D eigenvalue weighted by atomic mass is 31.2.